The van der Waals surface area contributed by atoms with Crippen molar-refractivity contribution < 1.29 is 0 Å². The lowest BCUT2D eigenvalue weighted by Gasteiger charge is -2.28. The van der Waals surface area contributed by atoms with Crippen LogP contribution in [0.3, 0.4) is 0 Å². The molecule has 0 aliphatic heterocycles. The summed E-state index contributed by atoms with van der Waals surface area (Å²) in [6.07, 6.45) is 0. The van der Waals surface area contributed by atoms with Crippen molar-refractivity contribution >= 4 is 0 Å². The van der Waals surface area contributed by atoms with Crippen molar-refractivity contribution in [1.29, 1.82) is 0 Å². The predicted octanol–water partition coefficient (Wildman–Crippen LogP) is 4.68. The van der Waals surface area contributed by atoms with Gasteiger partial charge in [-0.15, -0.1) is 0 Å². The van der Waals surface area contributed by atoms with Crippen LogP contribution >= 0.6 is 0 Å². The minimum absolute atomic E-state index is 0.0715. The van der Waals surface area contributed by atoms with Gasteiger partial charge >= 0.3 is 0 Å². The number of nitrogens with zero attached hydrogens (tertiary/aromatic N) is 2. The highest BCUT2D eigenvalue weighted by atomic mass is 15.3. The molecular formula is C18H26N2. The maximum Gasteiger partial charge on any atom is 0.0963 e. The highest BCUT2D eigenvalue weighted by Crippen LogP contribution is 2.39. The zero-order valence-corrected chi connectivity index (χ0v) is 13.8. The molecule has 0 aliphatic rings. The molecule has 2 heteroatoms. The van der Waals surface area contributed by atoms with Crippen molar-refractivity contribution in [3.05, 3.63) is 41.6 Å². The summed E-state index contributed by atoms with van der Waals surface area (Å²) in [7, 11) is 2.06. The van der Waals surface area contributed by atoms with Crippen LogP contribution in [0.15, 0.2) is 30.3 Å². The molecular weight excluding hydrogens is 244 g/mol. The Morgan fingerprint density at radius 3 is 1.85 bits per heavy atom. The zero-order valence-electron chi connectivity index (χ0n) is 13.8. The average Bonchev–Trinajstić information content (AvgIpc) is 2.67. The van der Waals surface area contributed by atoms with E-state index in [2.05, 4.69) is 77.5 Å². The summed E-state index contributed by atoms with van der Waals surface area (Å²) in [6, 6.07) is 10.5. The molecule has 0 unspecified atom stereocenters. The SMILES string of the molecule is Cn1nc(-c2ccccc2)c(C(C)(C)C)c1C(C)(C)C. The molecule has 0 saturated carbocycles. The lowest BCUT2D eigenvalue weighted by Crippen LogP contribution is -2.23. The molecule has 0 amide bonds. The lowest BCUT2D eigenvalue weighted by molar-refractivity contribution is 0.492. The van der Waals surface area contributed by atoms with E-state index in [-0.39, 0.29) is 10.8 Å². The topological polar surface area (TPSA) is 17.8 Å². The van der Waals surface area contributed by atoms with E-state index in [1.807, 2.05) is 6.07 Å². The Bertz CT molecular complexity index is 593. The first-order valence-corrected chi connectivity index (χ1v) is 7.26. The van der Waals surface area contributed by atoms with Gasteiger partial charge in [-0.05, 0) is 5.41 Å². The van der Waals surface area contributed by atoms with Crippen LogP contribution in [-0.4, -0.2) is 9.78 Å². The summed E-state index contributed by atoms with van der Waals surface area (Å²) < 4.78 is 2.06. The quantitative estimate of drug-likeness (QED) is 0.735. The van der Waals surface area contributed by atoms with Gasteiger partial charge in [0.25, 0.3) is 0 Å². The second-order valence-electron chi connectivity index (χ2n) is 7.56. The van der Waals surface area contributed by atoms with Gasteiger partial charge in [-0.3, -0.25) is 4.68 Å². The molecule has 1 aromatic heterocycles. The van der Waals surface area contributed by atoms with Gasteiger partial charge in [-0.2, -0.15) is 5.10 Å². The number of hydrogen-bond donors (Lipinski definition) is 0. The molecule has 2 nitrogen and oxygen atoms in total. The summed E-state index contributed by atoms with van der Waals surface area (Å²) in [5.74, 6) is 0. The lowest BCUT2D eigenvalue weighted by atomic mass is 9.77. The first-order valence-electron chi connectivity index (χ1n) is 7.26. The monoisotopic (exact) mass is 270 g/mol. The summed E-state index contributed by atoms with van der Waals surface area (Å²) in [5.41, 5.74) is 5.15. The molecule has 0 aliphatic carbocycles. The minimum Gasteiger partial charge on any atom is -0.271 e. The molecule has 2 aromatic rings. The number of aromatic nitrogens is 2. The van der Waals surface area contributed by atoms with Crippen molar-refractivity contribution in [3.8, 4) is 11.3 Å². The van der Waals surface area contributed by atoms with Crippen LogP contribution in [-0.2, 0) is 17.9 Å². The molecule has 20 heavy (non-hydrogen) atoms. The van der Waals surface area contributed by atoms with Crippen LogP contribution in [0, 0.1) is 0 Å². The maximum atomic E-state index is 4.83. The van der Waals surface area contributed by atoms with Gasteiger partial charge in [-0.25, -0.2) is 0 Å². The van der Waals surface area contributed by atoms with Gasteiger partial charge in [0.2, 0.25) is 0 Å². The molecule has 0 saturated heterocycles. The fourth-order valence-electron chi connectivity index (χ4n) is 2.89. The second kappa shape index (κ2) is 4.76. The third-order valence-electron chi connectivity index (χ3n) is 3.55. The van der Waals surface area contributed by atoms with E-state index in [0.717, 1.165) is 5.69 Å². The molecule has 0 spiro atoms. The van der Waals surface area contributed by atoms with E-state index in [4.69, 9.17) is 5.10 Å². The Morgan fingerprint density at radius 1 is 0.850 bits per heavy atom. The highest BCUT2D eigenvalue weighted by molar-refractivity contribution is 5.66. The van der Waals surface area contributed by atoms with Gasteiger partial charge < -0.3 is 0 Å². The van der Waals surface area contributed by atoms with Gasteiger partial charge in [-0.1, -0.05) is 71.9 Å². The Labute approximate surface area is 122 Å². The van der Waals surface area contributed by atoms with Crippen molar-refractivity contribution in [1.82, 2.24) is 9.78 Å². The van der Waals surface area contributed by atoms with Gasteiger partial charge in [0, 0.05) is 29.3 Å². The minimum atomic E-state index is 0.0715. The van der Waals surface area contributed by atoms with Crippen molar-refractivity contribution in [2.75, 3.05) is 0 Å². The number of benzene rings is 1. The smallest absolute Gasteiger partial charge is 0.0963 e. The molecule has 0 bridgehead atoms. The maximum absolute atomic E-state index is 4.83. The van der Waals surface area contributed by atoms with Crippen LogP contribution in [0.25, 0.3) is 11.3 Å². The zero-order chi connectivity index (χ0) is 15.1. The molecule has 0 N–H and O–H groups in total. The predicted molar refractivity (Wildman–Crippen MR) is 86.0 cm³/mol. The van der Waals surface area contributed by atoms with E-state index < -0.39 is 0 Å². The number of hydrogen-bond acceptors (Lipinski definition) is 1. The molecule has 0 atom stereocenters. The molecule has 0 fully saturated rings. The Kier molecular flexibility index (Phi) is 3.53. The van der Waals surface area contributed by atoms with Gasteiger partial charge in [0.05, 0.1) is 5.69 Å². The number of aryl methyl sites for hydroxylation is 1. The molecule has 1 aromatic carbocycles. The first kappa shape index (κ1) is 14.8. The normalized spacial score (nSPS) is 12.8. The van der Waals surface area contributed by atoms with E-state index >= 15 is 0 Å². The van der Waals surface area contributed by atoms with Crippen LogP contribution in [0.2, 0.25) is 0 Å². The third kappa shape index (κ3) is 2.65. The van der Waals surface area contributed by atoms with Crippen molar-refractivity contribution in [2.24, 2.45) is 7.05 Å². The molecule has 0 radical (unpaired) electrons. The van der Waals surface area contributed by atoms with E-state index in [0.29, 0.717) is 0 Å². The average molecular weight is 270 g/mol. The standard InChI is InChI=1S/C18H26N2/c1-17(2,3)14-15(13-11-9-8-10-12-13)19-20(7)16(14)18(4,5)6/h8-12H,1-7H3. The van der Waals surface area contributed by atoms with Crippen molar-refractivity contribution in [2.45, 2.75) is 52.4 Å². The fraction of sp³-hybridized carbons (Fsp3) is 0.500. The summed E-state index contributed by atoms with van der Waals surface area (Å²) in [6.45, 7) is 13.6. The molecule has 108 valence electrons. The second-order valence-corrected chi connectivity index (χ2v) is 7.56. The first-order chi connectivity index (χ1) is 9.12. The fourth-order valence-corrected chi connectivity index (χ4v) is 2.89. The van der Waals surface area contributed by atoms with E-state index in [1.165, 1.54) is 16.8 Å². The van der Waals surface area contributed by atoms with Crippen LogP contribution in [0.4, 0.5) is 0 Å². The van der Waals surface area contributed by atoms with Crippen molar-refractivity contribution in [3.63, 3.8) is 0 Å². The van der Waals surface area contributed by atoms with Crippen LogP contribution in [0.5, 0.6) is 0 Å². The largest absolute Gasteiger partial charge is 0.271 e. The summed E-state index contributed by atoms with van der Waals surface area (Å²) in [4.78, 5) is 0. The van der Waals surface area contributed by atoms with Gasteiger partial charge in [0.1, 0.15) is 0 Å². The molecule has 2 rings (SSSR count). The Hall–Kier alpha value is -1.57. The van der Waals surface area contributed by atoms with E-state index in [1.54, 1.807) is 0 Å². The molecule has 1 heterocycles. The van der Waals surface area contributed by atoms with E-state index in [9.17, 15) is 0 Å². The third-order valence-corrected chi connectivity index (χ3v) is 3.55. The summed E-state index contributed by atoms with van der Waals surface area (Å²) >= 11 is 0. The summed E-state index contributed by atoms with van der Waals surface area (Å²) in [5, 5.41) is 4.83. The number of rotatable bonds is 1. The van der Waals surface area contributed by atoms with Crippen LogP contribution < -0.4 is 0 Å². The highest BCUT2D eigenvalue weighted by Gasteiger charge is 2.32. The Morgan fingerprint density at radius 2 is 1.40 bits per heavy atom. The van der Waals surface area contributed by atoms with Gasteiger partial charge in [0.15, 0.2) is 0 Å². The Balaban J connectivity index is 2.78. The van der Waals surface area contributed by atoms with Crippen LogP contribution in [0.1, 0.15) is 52.8 Å².